The molecule has 5 aromatic heterocycles. The van der Waals surface area contributed by atoms with Gasteiger partial charge in [-0.2, -0.15) is 0 Å². The maximum Gasteiger partial charge on any atom is 0.210 e. The summed E-state index contributed by atoms with van der Waals surface area (Å²) in [6, 6.07) is 14.0. The number of fused-ring (bicyclic) bond motifs is 4. The Kier molecular flexibility index (Phi) is 10.7. The van der Waals surface area contributed by atoms with Gasteiger partial charge in [0.25, 0.3) is 0 Å². The van der Waals surface area contributed by atoms with Crippen LogP contribution < -0.4 is 15.8 Å². The molecule has 0 aliphatic carbocycles. The number of rotatable bonds is 5. The van der Waals surface area contributed by atoms with Gasteiger partial charge in [-0.25, -0.2) is 9.97 Å². The van der Waals surface area contributed by atoms with Gasteiger partial charge in [-0.1, -0.05) is 43.5 Å². The van der Waals surface area contributed by atoms with Crippen molar-refractivity contribution in [3.05, 3.63) is 99.4 Å². The molecule has 0 fully saturated rings. The molecule has 7 aromatic rings. The minimum absolute atomic E-state index is 0. The number of benzene rings is 2. The molecule has 0 unspecified atom stereocenters. The highest BCUT2D eigenvalue weighted by molar-refractivity contribution is 9.11. The molecule has 15 heteroatoms. The second-order valence-corrected chi connectivity index (χ2v) is 11.9. The second-order valence-electron chi connectivity index (χ2n) is 9.37. The van der Waals surface area contributed by atoms with Crippen molar-refractivity contribution in [3.8, 4) is 5.75 Å². The molecule has 0 bridgehead atoms. The number of nitrogens with zero attached hydrogens (tertiary/aromatic N) is 8. The van der Waals surface area contributed by atoms with Crippen molar-refractivity contribution in [1.29, 1.82) is 0 Å². The molecule has 232 valence electrons. The highest BCUT2D eigenvalue weighted by atomic mass is 79.9. The molecule has 0 saturated carbocycles. The van der Waals surface area contributed by atoms with Crippen molar-refractivity contribution in [1.82, 2.24) is 39.2 Å². The second kappa shape index (κ2) is 14.8. The predicted octanol–water partition coefficient (Wildman–Crippen LogP) is 6.57. The summed E-state index contributed by atoms with van der Waals surface area (Å²) in [6.45, 7) is 2.02. The Morgan fingerprint density at radius 2 is 1.64 bits per heavy atom. The van der Waals surface area contributed by atoms with Crippen molar-refractivity contribution in [2.75, 3.05) is 18.2 Å². The van der Waals surface area contributed by atoms with Crippen LogP contribution in [0.25, 0.3) is 22.3 Å². The van der Waals surface area contributed by atoms with Crippen LogP contribution in [0, 0.1) is 0 Å². The Balaban J connectivity index is 0.000000143. The van der Waals surface area contributed by atoms with Crippen molar-refractivity contribution < 1.29 is 9.15 Å². The van der Waals surface area contributed by atoms with Crippen LogP contribution in [0.5, 0.6) is 5.75 Å². The van der Waals surface area contributed by atoms with E-state index >= 15 is 0 Å². The van der Waals surface area contributed by atoms with E-state index in [0.717, 1.165) is 66.7 Å². The summed E-state index contributed by atoms with van der Waals surface area (Å²) >= 11 is 8.32. The lowest BCUT2D eigenvalue weighted by Gasteiger charge is -2.10. The van der Waals surface area contributed by atoms with Gasteiger partial charge in [-0.15, -0.1) is 20.4 Å². The Hall–Kier alpha value is -4.05. The maximum absolute atomic E-state index is 5.59. The van der Waals surface area contributed by atoms with Gasteiger partial charge < -0.3 is 20.2 Å². The van der Waals surface area contributed by atoms with E-state index in [0.29, 0.717) is 13.1 Å². The van der Waals surface area contributed by atoms with E-state index in [4.69, 9.17) is 14.9 Å². The third-order valence-corrected chi connectivity index (χ3v) is 8.60. The van der Waals surface area contributed by atoms with E-state index in [2.05, 4.69) is 73.6 Å². The fourth-order valence-electron chi connectivity index (χ4n) is 4.71. The van der Waals surface area contributed by atoms with Crippen LogP contribution in [0.3, 0.4) is 0 Å². The Morgan fingerprint density at radius 1 is 0.933 bits per heavy atom. The number of nitrogens with one attached hydrogen (secondary N) is 1. The van der Waals surface area contributed by atoms with E-state index in [1.807, 2.05) is 51.5 Å². The zero-order valence-electron chi connectivity index (χ0n) is 23.4. The molecule has 45 heavy (non-hydrogen) atoms. The largest absolute Gasteiger partial charge is 0.493 e. The standard InChI is InChI=1S/C14H12BrN5O.C9H9NO.C6H5BrN4S.CH4/c15-11-7-17-14(20-8-18-19-13(11)20)16-6-9-2-1-3-12-10(9)4-5-21-12;10-6-7-2-1-3-9-8(7)4-5-11-9;1-12-6-8-2-4(7)5-10-9-3-11(5)6;/h1-3,7-8H,4-6H2,(H,16,17);1-5H,6,10H2;2-3H,1H3;1H4. The monoisotopic (exact) mass is 752 g/mol. The zero-order chi connectivity index (χ0) is 30.5. The smallest absolute Gasteiger partial charge is 0.210 e. The lowest BCUT2D eigenvalue weighted by Crippen LogP contribution is -2.07. The van der Waals surface area contributed by atoms with E-state index in [-0.39, 0.29) is 7.43 Å². The number of hydrogen-bond acceptors (Lipinski definition) is 11. The van der Waals surface area contributed by atoms with Crippen LogP contribution in [-0.4, -0.2) is 52.0 Å². The number of aromatic nitrogens is 8. The first-order valence-electron chi connectivity index (χ1n) is 13.4. The van der Waals surface area contributed by atoms with Gasteiger partial charge in [0, 0.05) is 42.9 Å². The van der Waals surface area contributed by atoms with Gasteiger partial charge in [0.05, 0.1) is 21.8 Å². The first-order chi connectivity index (χ1) is 21.6. The molecule has 0 radical (unpaired) electrons. The normalized spacial score (nSPS) is 11.6. The number of anilines is 1. The third-order valence-electron chi connectivity index (χ3n) is 6.81. The number of thioether (sulfide) groups is 1. The fraction of sp³-hybridized carbons (Fsp3) is 0.200. The molecule has 8 rings (SSSR count). The molecular weight excluding hydrogens is 724 g/mol. The predicted molar refractivity (Wildman–Crippen MR) is 183 cm³/mol. The van der Waals surface area contributed by atoms with Crippen molar-refractivity contribution >= 4 is 71.8 Å². The summed E-state index contributed by atoms with van der Waals surface area (Å²) in [5, 5.41) is 21.1. The lowest BCUT2D eigenvalue weighted by atomic mass is 10.1. The van der Waals surface area contributed by atoms with Gasteiger partial charge in [-0.05, 0) is 67.4 Å². The summed E-state index contributed by atoms with van der Waals surface area (Å²) in [7, 11) is 0. The van der Waals surface area contributed by atoms with Crippen molar-refractivity contribution in [3.63, 3.8) is 0 Å². The van der Waals surface area contributed by atoms with Gasteiger partial charge in [0.1, 0.15) is 24.0 Å². The molecule has 0 amide bonds. The Labute approximate surface area is 280 Å². The third kappa shape index (κ3) is 6.96. The molecule has 3 N–H and O–H groups in total. The summed E-state index contributed by atoms with van der Waals surface area (Å²) in [5.41, 5.74) is 11.6. The van der Waals surface area contributed by atoms with Gasteiger partial charge in [0.2, 0.25) is 5.95 Å². The average Bonchev–Trinajstić information content (AvgIpc) is 3.88. The molecule has 12 nitrogen and oxygen atoms in total. The molecule has 0 saturated heterocycles. The average molecular weight is 755 g/mol. The van der Waals surface area contributed by atoms with Crippen LogP contribution in [0.2, 0.25) is 0 Å². The first-order valence-corrected chi connectivity index (χ1v) is 16.2. The number of ether oxygens (including phenoxy) is 1. The summed E-state index contributed by atoms with van der Waals surface area (Å²) < 4.78 is 16.1. The fourth-order valence-corrected chi connectivity index (χ4v) is 5.94. The number of hydrogen-bond donors (Lipinski definition) is 2. The SMILES string of the molecule is Brc1cnc(NCc2cccc3c2CCO3)n2cnnc12.C.CSc1ncc(Br)c2nncn12.NCc1cccc2occc12. The molecule has 6 heterocycles. The minimum Gasteiger partial charge on any atom is -0.493 e. The lowest BCUT2D eigenvalue weighted by molar-refractivity contribution is 0.357. The van der Waals surface area contributed by atoms with E-state index in [1.165, 1.54) is 11.1 Å². The maximum atomic E-state index is 5.59. The zero-order valence-corrected chi connectivity index (χ0v) is 27.4. The van der Waals surface area contributed by atoms with Crippen LogP contribution in [0.4, 0.5) is 5.95 Å². The molecule has 0 spiro atoms. The van der Waals surface area contributed by atoms with Crippen molar-refractivity contribution in [2.24, 2.45) is 5.73 Å². The van der Waals surface area contributed by atoms with E-state index in [9.17, 15) is 0 Å². The van der Waals surface area contributed by atoms with Gasteiger partial charge in [0.15, 0.2) is 16.5 Å². The van der Waals surface area contributed by atoms with E-state index in [1.54, 1.807) is 43.1 Å². The van der Waals surface area contributed by atoms with Crippen molar-refractivity contribution in [2.45, 2.75) is 32.1 Å². The highest BCUT2D eigenvalue weighted by Crippen LogP contribution is 2.29. The molecule has 1 aliphatic rings. The first kappa shape index (κ1) is 32.3. The van der Waals surface area contributed by atoms with Crippen LogP contribution in [0.1, 0.15) is 24.1 Å². The summed E-state index contributed by atoms with van der Waals surface area (Å²) in [5.74, 6) is 1.71. The van der Waals surface area contributed by atoms with Crippen LogP contribution >= 0.6 is 43.6 Å². The number of furan rings is 1. The quantitative estimate of drug-likeness (QED) is 0.145. The van der Waals surface area contributed by atoms with Crippen LogP contribution in [-0.2, 0) is 19.5 Å². The summed E-state index contributed by atoms with van der Waals surface area (Å²) in [6.07, 6.45) is 11.4. The Bertz CT molecular complexity index is 2040. The molecule has 1 aliphatic heterocycles. The summed E-state index contributed by atoms with van der Waals surface area (Å²) in [4.78, 5) is 8.58. The number of nitrogens with two attached hydrogens (primary N) is 1. The van der Waals surface area contributed by atoms with E-state index < -0.39 is 0 Å². The van der Waals surface area contributed by atoms with Crippen LogP contribution in [0.15, 0.2) is 92.3 Å². The molecular formula is C30H30Br2N10O2S. The Morgan fingerprint density at radius 3 is 2.42 bits per heavy atom. The van der Waals surface area contributed by atoms with Gasteiger partial charge >= 0.3 is 0 Å². The molecule has 2 aromatic carbocycles. The minimum atomic E-state index is 0. The highest BCUT2D eigenvalue weighted by Gasteiger charge is 2.16. The topological polar surface area (TPSA) is 147 Å². The van der Waals surface area contributed by atoms with Gasteiger partial charge in [-0.3, -0.25) is 8.80 Å². The molecule has 0 atom stereocenters. The number of halogens is 2.